The van der Waals surface area contributed by atoms with Crippen LogP contribution in [0, 0.1) is 0 Å². The van der Waals surface area contributed by atoms with Crippen molar-refractivity contribution in [2.24, 2.45) is 0 Å². The summed E-state index contributed by atoms with van der Waals surface area (Å²) >= 11 is 12.5. The molecule has 174 valence electrons. The monoisotopic (exact) mass is 482 g/mol. The highest BCUT2D eigenvalue weighted by Gasteiger charge is 2.37. The summed E-state index contributed by atoms with van der Waals surface area (Å²) in [5.41, 5.74) is 1.46. The van der Waals surface area contributed by atoms with Gasteiger partial charge in [0.25, 0.3) is 5.56 Å². The number of amides is 1. The fourth-order valence-electron chi connectivity index (χ4n) is 3.93. The summed E-state index contributed by atoms with van der Waals surface area (Å²) in [6.45, 7) is 7.35. The molecule has 0 bridgehead atoms. The molecule has 2 heterocycles. The van der Waals surface area contributed by atoms with Gasteiger partial charge in [0.05, 0.1) is 36.5 Å². The van der Waals surface area contributed by atoms with Gasteiger partial charge in [-0.25, -0.2) is 9.78 Å². The summed E-state index contributed by atoms with van der Waals surface area (Å²) in [6.07, 6.45) is -0.164. The van der Waals surface area contributed by atoms with Gasteiger partial charge in [0, 0.05) is 30.3 Å². The van der Waals surface area contributed by atoms with E-state index in [1.807, 2.05) is 20.8 Å². The van der Waals surface area contributed by atoms with E-state index in [1.54, 1.807) is 27.7 Å². The molecule has 1 aromatic heterocycles. The summed E-state index contributed by atoms with van der Waals surface area (Å²) < 4.78 is 12.3. The molecule has 1 aromatic carbocycles. The number of aromatic nitrogens is 2. The number of carbonyl (C=O) groups is 1. The van der Waals surface area contributed by atoms with E-state index in [0.29, 0.717) is 65.5 Å². The second kappa shape index (κ2) is 10.6. The molecule has 0 aliphatic carbocycles. The van der Waals surface area contributed by atoms with Crippen LogP contribution in [0.1, 0.15) is 26.5 Å². The van der Waals surface area contributed by atoms with Gasteiger partial charge in [-0.3, -0.25) is 9.36 Å². The molecule has 8 nitrogen and oxygen atoms in total. The lowest BCUT2D eigenvalue weighted by atomic mass is 10.1. The third-order valence-corrected chi connectivity index (χ3v) is 6.02. The number of benzene rings is 1. The largest absolute Gasteiger partial charge is 0.453 e. The maximum absolute atomic E-state index is 13.5. The van der Waals surface area contributed by atoms with E-state index in [2.05, 4.69) is 5.32 Å². The summed E-state index contributed by atoms with van der Waals surface area (Å²) in [6, 6.07) is 4.85. The van der Waals surface area contributed by atoms with E-state index in [-0.39, 0.29) is 17.7 Å². The van der Waals surface area contributed by atoms with E-state index in [9.17, 15) is 9.59 Å². The normalized spacial score (nSPS) is 18.1. The van der Waals surface area contributed by atoms with Gasteiger partial charge in [-0.2, -0.15) is 0 Å². The van der Waals surface area contributed by atoms with Gasteiger partial charge in [0.15, 0.2) is 0 Å². The minimum absolute atomic E-state index is 0.202. The standard InChI is InChI=1S/C22H28Cl2N4O4/c1-5-16-19(25-17-11-27(22(30)31-4)12-18(17)32-7-3)21(29)28(6-2)20(26-16)14-9-8-13(23)10-15(14)24/h8-10,17-18,25H,5-7,11-12H2,1-4H3/t17-,18+/m1/s1. The Labute approximate surface area is 197 Å². The number of rotatable bonds is 7. The Morgan fingerprint density at radius 3 is 2.59 bits per heavy atom. The van der Waals surface area contributed by atoms with Gasteiger partial charge in [0.2, 0.25) is 0 Å². The molecule has 1 N–H and O–H groups in total. The van der Waals surface area contributed by atoms with E-state index in [1.165, 1.54) is 7.11 Å². The summed E-state index contributed by atoms with van der Waals surface area (Å²) in [7, 11) is 1.35. The second-order valence-corrected chi connectivity index (χ2v) is 8.25. The van der Waals surface area contributed by atoms with Crippen LogP contribution < -0.4 is 10.9 Å². The van der Waals surface area contributed by atoms with Crippen molar-refractivity contribution < 1.29 is 14.3 Å². The van der Waals surface area contributed by atoms with Crippen LogP contribution in [0.3, 0.4) is 0 Å². The Bertz CT molecular complexity index is 1040. The summed E-state index contributed by atoms with van der Waals surface area (Å²) in [5, 5.41) is 4.26. The predicted octanol–water partition coefficient (Wildman–Crippen LogP) is 4.07. The van der Waals surface area contributed by atoms with Crippen molar-refractivity contribution in [1.29, 1.82) is 0 Å². The van der Waals surface area contributed by atoms with Crippen molar-refractivity contribution in [3.8, 4) is 11.4 Å². The molecule has 0 saturated carbocycles. The number of carbonyl (C=O) groups excluding carboxylic acids is 1. The maximum Gasteiger partial charge on any atom is 0.409 e. The van der Waals surface area contributed by atoms with Crippen LogP contribution in [0.25, 0.3) is 11.4 Å². The lowest BCUT2D eigenvalue weighted by molar-refractivity contribution is 0.0614. The van der Waals surface area contributed by atoms with Crippen LogP contribution in [-0.2, 0) is 22.4 Å². The molecular formula is C22H28Cl2N4O4. The molecule has 1 aliphatic heterocycles. The zero-order chi connectivity index (χ0) is 23.4. The Morgan fingerprint density at radius 2 is 2.00 bits per heavy atom. The molecule has 2 atom stereocenters. The fourth-order valence-corrected chi connectivity index (χ4v) is 4.42. The van der Waals surface area contributed by atoms with Crippen LogP contribution in [0.2, 0.25) is 10.0 Å². The Kier molecular flexibility index (Phi) is 8.03. The van der Waals surface area contributed by atoms with Crippen LogP contribution in [0.4, 0.5) is 10.5 Å². The van der Waals surface area contributed by atoms with Gasteiger partial charge in [-0.05, 0) is 38.5 Å². The third-order valence-electron chi connectivity index (χ3n) is 5.48. The Hall–Kier alpha value is -2.29. The third kappa shape index (κ3) is 4.87. The minimum atomic E-state index is -0.424. The van der Waals surface area contributed by atoms with Crippen molar-refractivity contribution in [2.75, 3.05) is 32.1 Å². The van der Waals surface area contributed by atoms with Crippen molar-refractivity contribution in [1.82, 2.24) is 14.5 Å². The molecule has 0 unspecified atom stereocenters. The van der Waals surface area contributed by atoms with Gasteiger partial charge in [0.1, 0.15) is 11.5 Å². The summed E-state index contributed by atoms with van der Waals surface area (Å²) in [5.74, 6) is 0.491. The maximum atomic E-state index is 13.5. The van der Waals surface area contributed by atoms with E-state index in [0.717, 1.165) is 0 Å². The molecular weight excluding hydrogens is 455 g/mol. The van der Waals surface area contributed by atoms with Crippen LogP contribution in [-0.4, -0.2) is 59.5 Å². The first kappa shape index (κ1) is 24.4. The molecule has 10 heteroatoms. The van der Waals surface area contributed by atoms with Crippen molar-refractivity contribution in [2.45, 2.75) is 45.9 Å². The van der Waals surface area contributed by atoms with Crippen LogP contribution >= 0.6 is 23.2 Å². The first-order valence-corrected chi connectivity index (χ1v) is 11.4. The van der Waals surface area contributed by atoms with Gasteiger partial charge >= 0.3 is 6.09 Å². The zero-order valence-electron chi connectivity index (χ0n) is 18.7. The van der Waals surface area contributed by atoms with Crippen LogP contribution in [0.15, 0.2) is 23.0 Å². The Morgan fingerprint density at radius 1 is 1.25 bits per heavy atom. The second-order valence-electron chi connectivity index (χ2n) is 7.40. The molecule has 2 aromatic rings. The number of halogens is 2. The molecule has 1 saturated heterocycles. The first-order valence-electron chi connectivity index (χ1n) is 10.6. The molecule has 0 radical (unpaired) electrons. The van der Waals surface area contributed by atoms with Crippen LogP contribution in [0.5, 0.6) is 0 Å². The number of methoxy groups -OCH3 is 1. The average molecular weight is 483 g/mol. The smallest absolute Gasteiger partial charge is 0.409 e. The van der Waals surface area contributed by atoms with E-state index in [4.69, 9.17) is 37.7 Å². The van der Waals surface area contributed by atoms with Crippen molar-refractivity contribution in [3.05, 3.63) is 44.3 Å². The number of likely N-dealkylation sites (tertiary alicyclic amines) is 1. The minimum Gasteiger partial charge on any atom is -0.453 e. The molecule has 32 heavy (non-hydrogen) atoms. The highest BCUT2D eigenvalue weighted by Crippen LogP contribution is 2.30. The van der Waals surface area contributed by atoms with E-state index < -0.39 is 6.09 Å². The first-order chi connectivity index (χ1) is 15.3. The highest BCUT2D eigenvalue weighted by atomic mass is 35.5. The van der Waals surface area contributed by atoms with Crippen molar-refractivity contribution >= 4 is 35.0 Å². The average Bonchev–Trinajstić information content (AvgIpc) is 3.17. The molecule has 0 spiro atoms. The summed E-state index contributed by atoms with van der Waals surface area (Å²) in [4.78, 5) is 31.9. The number of hydrogen-bond donors (Lipinski definition) is 1. The number of nitrogens with one attached hydrogen (secondary N) is 1. The highest BCUT2D eigenvalue weighted by molar-refractivity contribution is 6.36. The van der Waals surface area contributed by atoms with Gasteiger partial charge in [-0.1, -0.05) is 30.1 Å². The zero-order valence-corrected chi connectivity index (χ0v) is 20.2. The lowest BCUT2D eigenvalue weighted by Crippen LogP contribution is -2.38. The number of aryl methyl sites for hydroxylation is 1. The molecule has 3 rings (SSSR count). The van der Waals surface area contributed by atoms with E-state index >= 15 is 0 Å². The fraction of sp³-hybridized carbons (Fsp3) is 0.500. The van der Waals surface area contributed by atoms with Crippen molar-refractivity contribution in [3.63, 3.8) is 0 Å². The number of nitrogens with zero attached hydrogens (tertiary/aromatic N) is 3. The molecule has 1 aliphatic rings. The quantitative estimate of drug-likeness (QED) is 0.639. The Balaban J connectivity index is 2.03. The SMILES string of the molecule is CCO[C@H]1CN(C(=O)OC)C[C@H]1Nc1c(CC)nc(-c2ccc(Cl)cc2Cl)n(CC)c1=O. The lowest BCUT2D eigenvalue weighted by Gasteiger charge is -2.23. The molecule has 1 fully saturated rings. The number of anilines is 1. The topological polar surface area (TPSA) is 85.7 Å². The predicted molar refractivity (Wildman–Crippen MR) is 126 cm³/mol. The van der Waals surface area contributed by atoms with Gasteiger partial charge < -0.3 is 19.7 Å². The molecule has 1 amide bonds. The number of hydrogen-bond acceptors (Lipinski definition) is 6. The number of ether oxygens (including phenoxy) is 2. The van der Waals surface area contributed by atoms with Gasteiger partial charge in [-0.15, -0.1) is 0 Å².